The molecular weight excluding hydrogens is 350 g/mol. The molecule has 1 fully saturated rings. The zero-order valence-corrected chi connectivity index (χ0v) is 16.3. The van der Waals surface area contributed by atoms with Crippen molar-refractivity contribution >= 4 is 18.2 Å². The van der Waals surface area contributed by atoms with E-state index in [4.69, 9.17) is 21.4 Å². The van der Waals surface area contributed by atoms with Gasteiger partial charge in [-0.25, -0.2) is 4.68 Å². The number of rotatable bonds is 5. The monoisotopic (exact) mass is 375 g/mol. The normalized spacial score (nSPS) is 16.0. The van der Waals surface area contributed by atoms with E-state index in [2.05, 4.69) is 36.0 Å². The summed E-state index contributed by atoms with van der Waals surface area (Å²) < 4.78 is 12.5. The van der Waals surface area contributed by atoms with Gasteiger partial charge >= 0.3 is 5.97 Å². The van der Waals surface area contributed by atoms with E-state index in [1.165, 1.54) is 11.1 Å². The number of nitrogens with zero attached hydrogens (tertiary/aromatic N) is 3. The number of carbonyl (C=O) groups is 1. The molecule has 0 spiro atoms. The fourth-order valence-corrected chi connectivity index (χ4v) is 3.32. The van der Waals surface area contributed by atoms with E-state index in [-0.39, 0.29) is 11.9 Å². The Bertz CT molecular complexity index is 835. The van der Waals surface area contributed by atoms with Crippen molar-refractivity contribution < 1.29 is 13.9 Å². The minimum Gasteiger partial charge on any atom is -0.466 e. The summed E-state index contributed by atoms with van der Waals surface area (Å²) in [5.41, 5.74) is 3.36. The molecule has 0 atom stereocenters. The van der Waals surface area contributed by atoms with Crippen LogP contribution in [0.3, 0.4) is 0 Å². The number of aromatic nitrogens is 2. The number of aryl methyl sites for hydroxylation is 2. The molecule has 1 aliphatic heterocycles. The Labute approximate surface area is 158 Å². The van der Waals surface area contributed by atoms with Crippen LogP contribution in [0.4, 0.5) is 0 Å². The summed E-state index contributed by atoms with van der Waals surface area (Å²) in [6, 6.07) is 6.12. The van der Waals surface area contributed by atoms with Crippen molar-refractivity contribution in [3.8, 4) is 11.5 Å². The fourth-order valence-electron chi connectivity index (χ4n) is 3.15. The molecule has 1 aromatic carbocycles. The van der Waals surface area contributed by atoms with Crippen LogP contribution in [-0.2, 0) is 16.2 Å². The zero-order chi connectivity index (χ0) is 18.7. The second-order valence-electron chi connectivity index (χ2n) is 6.76. The number of carbonyl (C=O) groups excluding carboxylic acids is 1. The molecule has 1 saturated heterocycles. The lowest BCUT2D eigenvalue weighted by Crippen LogP contribution is -2.38. The summed E-state index contributed by atoms with van der Waals surface area (Å²) in [7, 11) is 0. The molecule has 140 valence electrons. The Balaban J connectivity index is 1.65. The molecule has 2 aromatic rings. The molecule has 0 saturated carbocycles. The Morgan fingerprint density at radius 2 is 2.04 bits per heavy atom. The van der Waals surface area contributed by atoms with Crippen molar-refractivity contribution in [3.63, 3.8) is 0 Å². The number of hydrogen-bond acceptors (Lipinski definition) is 6. The SMILES string of the molecule is CCOC(=O)C1CCN(Cn2nc(-c3ccc(C)c(C)c3)oc2=S)CC1. The van der Waals surface area contributed by atoms with E-state index in [0.29, 0.717) is 24.0 Å². The van der Waals surface area contributed by atoms with Crippen LogP contribution in [-0.4, -0.2) is 40.3 Å². The van der Waals surface area contributed by atoms with Gasteiger partial charge in [-0.3, -0.25) is 9.69 Å². The molecule has 7 heteroatoms. The lowest BCUT2D eigenvalue weighted by molar-refractivity contribution is -0.149. The van der Waals surface area contributed by atoms with Gasteiger partial charge in [-0.15, -0.1) is 5.10 Å². The van der Waals surface area contributed by atoms with Gasteiger partial charge in [0.15, 0.2) is 0 Å². The first-order valence-electron chi connectivity index (χ1n) is 9.02. The predicted molar refractivity (Wildman–Crippen MR) is 101 cm³/mol. The van der Waals surface area contributed by atoms with Crippen molar-refractivity contribution in [1.82, 2.24) is 14.7 Å². The summed E-state index contributed by atoms with van der Waals surface area (Å²) in [5.74, 6) is 0.462. The van der Waals surface area contributed by atoms with Gasteiger partial charge in [0.25, 0.3) is 4.84 Å². The molecule has 2 heterocycles. The summed E-state index contributed by atoms with van der Waals surface area (Å²) in [6.45, 7) is 8.63. The maximum atomic E-state index is 11.8. The quantitative estimate of drug-likeness (QED) is 0.586. The highest BCUT2D eigenvalue weighted by atomic mass is 32.1. The molecule has 0 amide bonds. The second-order valence-corrected chi connectivity index (χ2v) is 7.11. The van der Waals surface area contributed by atoms with Crippen molar-refractivity contribution in [3.05, 3.63) is 34.2 Å². The Morgan fingerprint density at radius 3 is 2.69 bits per heavy atom. The highest BCUT2D eigenvalue weighted by molar-refractivity contribution is 7.71. The van der Waals surface area contributed by atoms with E-state index in [0.717, 1.165) is 31.5 Å². The van der Waals surface area contributed by atoms with Gasteiger partial charge in [-0.1, -0.05) is 6.07 Å². The van der Waals surface area contributed by atoms with E-state index in [1.807, 2.05) is 13.0 Å². The molecule has 26 heavy (non-hydrogen) atoms. The standard InChI is InChI=1S/C19H25N3O3S/c1-4-24-18(23)15-7-9-21(10-8-15)12-22-19(26)25-17(20-22)16-6-5-13(2)14(3)11-16/h5-6,11,15H,4,7-10,12H2,1-3H3. The summed E-state index contributed by atoms with van der Waals surface area (Å²) in [4.78, 5) is 14.4. The summed E-state index contributed by atoms with van der Waals surface area (Å²) >= 11 is 5.33. The van der Waals surface area contributed by atoms with Gasteiger partial charge in [0.2, 0.25) is 5.89 Å². The van der Waals surface area contributed by atoms with E-state index < -0.39 is 0 Å². The number of hydrogen-bond donors (Lipinski definition) is 0. The molecule has 0 bridgehead atoms. The Hall–Kier alpha value is -1.99. The van der Waals surface area contributed by atoms with Gasteiger partial charge in [0, 0.05) is 18.7 Å². The van der Waals surface area contributed by atoms with Gasteiger partial charge in [0.05, 0.1) is 19.2 Å². The van der Waals surface area contributed by atoms with Crippen LogP contribution in [0.15, 0.2) is 22.6 Å². The largest absolute Gasteiger partial charge is 0.466 e. The van der Waals surface area contributed by atoms with Crippen LogP contribution in [0, 0.1) is 24.6 Å². The highest BCUT2D eigenvalue weighted by Gasteiger charge is 2.26. The molecule has 0 unspecified atom stereocenters. The van der Waals surface area contributed by atoms with Crippen molar-refractivity contribution in [2.24, 2.45) is 5.92 Å². The second kappa shape index (κ2) is 8.14. The molecule has 0 aliphatic carbocycles. The molecule has 0 radical (unpaired) electrons. The average Bonchev–Trinajstić information content (AvgIpc) is 2.99. The van der Waals surface area contributed by atoms with Crippen molar-refractivity contribution in [2.75, 3.05) is 19.7 Å². The van der Waals surface area contributed by atoms with Crippen molar-refractivity contribution in [1.29, 1.82) is 0 Å². The van der Waals surface area contributed by atoms with E-state index in [9.17, 15) is 4.79 Å². The number of esters is 1. The first-order valence-corrected chi connectivity index (χ1v) is 9.43. The molecule has 1 aromatic heterocycles. The van der Waals surface area contributed by atoms with Crippen LogP contribution in [0.25, 0.3) is 11.5 Å². The summed E-state index contributed by atoms with van der Waals surface area (Å²) in [6.07, 6.45) is 1.60. The van der Waals surface area contributed by atoms with Crippen LogP contribution in [0.2, 0.25) is 0 Å². The predicted octanol–water partition coefficient (Wildman–Crippen LogP) is 3.72. The van der Waals surface area contributed by atoms with Crippen LogP contribution >= 0.6 is 12.2 Å². The third-order valence-electron chi connectivity index (χ3n) is 4.90. The topological polar surface area (TPSA) is 60.5 Å². The van der Waals surface area contributed by atoms with E-state index in [1.54, 1.807) is 4.68 Å². The fraction of sp³-hybridized carbons (Fsp3) is 0.526. The third kappa shape index (κ3) is 4.22. The van der Waals surface area contributed by atoms with Crippen LogP contribution in [0.1, 0.15) is 30.9 Å². The smallest absolute Gasteiger partial charge is 0.309 e. The van der Waals surface area contributed by atoms with Gasteiger partial charge in [-0.2, -0.15) is 0 Å². The lowest BCUT2D eigenvalue weighted by Gasteiger charge is -2.30. The summed E-state index contributed by atoms with van der Waals surface area (Å²) in [5, 5.41) is 4.54. The number of likely N-dealkylation sites (tertiary alicyclic amines) is 1. The highest BCUT2D eigenvalue weighted by Crippen LogP contribution is 2.22. The maximum Gasteiger partial charge on any atom is 0.309 e. The molecule has 1 aliphatic rings. The Kier molecular flexibility index (Phi) is 5.88. The first kappa shape index (κ1) is 18.8. The van der Waals surface area contributed by atoms with Gasteiger partial charge in [-0.05, 0) is 69.1 Å². The Morgan fingerprint density at radius 1 is 1.31 bits per heavy atom. The molecule has 0 N–H and O–H groups in total. The maximum absolute atomic E-state index is 11.8. The van der Waals surface area contributed by atoms with Gasteiger partial charge < -0.3 is 9.15 Å². The molecular formula is C19H25N3O3S. The minimum absolute atomic E-state index is 0.00238. The number of piperidine rings is 1. The van der Waals surface area contributed by atoms with Crippen molar-refractivity contribution in [2.45, 2.75) is 40.3 Å². The third-order valence-corrected chi connectivity index (χ3v) is 5.20. The lowest BCUT2D eigenvalue weighted by atomic mass is 9.97. The number of ether oxygens (including phenoxy) is 1. The minimum atomic E-state index is -0.0813. The first-order chi connectivity index (χ1) is 12.5. The van der Waals surface area contributed by atoms with Gasteiger partial charge in [0.1, 0.15) is 0 Å². The number of benzene rings is 1. The van der Waals surface area contributed by atoms with Crippen LogP contribution < -0.4 is 0 Å². The zero-order valence-electron chi connectivity index (χ0n) is 15.5. The molecule has 3 rings (SSSR count). The van der Waals surface area contributed by atoms with Crippen LogP contribution in [0.5, 0.6) is 0 Å². The average molecular weight is 375 g/mol. The molecule has 6 nitrogen and oxygen atoms in total. The van der Waals surface area contributed by atoms with E-state index >= 15 is 0 Å².